The monoisotopic (exact) mass is 339 g/mol. The highest BCUT2D eigenvalue weighted by molar-refractivity contribution is 6.36. The SMILES string of the molecule is N#C/C(=C\c1c(O)ccc2ccccc12)c1ccc(Cl)cc1Cl. The molecule has 0 radical (unpaired) electrons. The van der Waals surface area contributed by atoms with Crippen molar-refractivity contribution in [1.82, 2.24) is 0 Å². The summed E-state index contributed by atoms with van der Waals surface area (Å²) in [5, 5.41) is 22.5. The summed E-state index contributed by atoms with van der Waals surface area (Å²) in [4.78, 5) is 0. The quantitative estimate of drug-likeness (QED) is 0.465. The number of benzene rings is 3. The maximum absolute atomic E-state index is 10.2. The van der Waals surface area contributed by atoms with Gasteiger partial charge in [0.15, 0.2) is 0 Å². The zero-order valence-electron chi connectivity index (χ0n) is 11.9. The molecule has 0 unspecified atom stereocenters. The minimum atomic E-state index is 0.113. The van der Waals surface area contributed by atoms with Crippen LogP contribution in [0.25, 0.3) is 22.4 Å². The first-order valence-corrected chi connectivity index (χ1v) is 7.63. The lowest BCUT2D eigenvalue weighted by Gasteiger charge is -2.08. The van der Waals surface area contributed by atoms with Gasteiger partial charge in [-0.05, 0) is 35.0 Å². The van der Waals surface area contributed by atoms with Gasteiger partial charge in [0.1, 0.15) is 5.75 Å². The van der Waals surface area contributed by atoms with Crippen molar-refractivity contribution in [2.45, 2.75) is 0 Å². The summed E-state index contributed by atoms with van der Waals surface area (Å²) in [6, 6.07) is 18.2. The Bertz CT molecular complexity index is 971. The fraction of sp³-hybridized carbons (Fsp3) is 0. The molecule has 4 heteroatoms. The average molecular weight is 340 g/mol. The van der Waals surface area contributed by atoms with E-state index < -0.39 is 0 Å². The molecule has 112 valence electrons. The zero-order chi connectivity index (χ0) is 16.4. The Morgan fingerprint density at radius 1 is 1.04 bits per heavy atom. The van der Waals surface area contributed by atoms with Gasteiger partial charge in [-0.25, -0.2) is 0 Å². The fourth-order valence-electron chi connectivity index (χ4n) is 2.46. The molecule has 0 fully saturated rings. The normalized spacial score (nSPS) is 11.4. The van der Waals surface area contributed by atoms with E-state index >= 15 is 0 Å². The standard InChI is InChI=1S/C19H11Cl2NO/c20-14-6-7-16(18(21)10-14)13(11-22)9-17-15-4-2-1-3-12(15)5-8-19(17)23/h1-10,23H/b13-9+. The molecule has 0 bridgehead atoms. The highest BCUT2D eigenvalue weighted by Gasteiger charge is 2.10. The van der Waals surface area contributed by atoms with E-state index in [1.807, 2.05) is 30.3 Å². The predicted molar refractivity (Wildman–Crippen MR) is 95.6 cm³/mol. The largest absolute Gasteiger partial charge is 0.507 e. The van der Waals surface area contributed by atoms with Gasteiger partial charge < -0.3 is 5.11 Å². The molecule has 2 nitrogen and oxygen atoms in total. The van der Waals surface area contributed by atoms with Crippen LogP contribution in [0.2, 0.25) is 10.0 Å². The molecule has 0 amide bonds. The first-order chi connectivity index (χ1) is 11.1. The molecule has 3 rings (SSSR count). The summed E-state index contributed by atoms with van der Waals surface area (Å²) >= 11 is 12.1. The fourth-order valence-corrected chi connectivity index (χ4v) is 2.97. The number of fused-ring (bicyclic) bond motifs is 1. The van der Waals surface area contributed by atoms with Crippen molar-refractivity contribution in [1.29, 1.82) is 5.26 Å². The van der Waals surface area contributed by atoms with Crippen LogP contribution < -0.4 is 0 Å². The van der Waals surface area contributed by atoms with Gasteiger partial charge in [0.05, 0.1) is 16.7 Å². The summed E-state index contributed by atoms with van der Waals surface area (Å²) in [6.07, 6.45) is 1.65. The number of nitrogens with zero attached hydrogens (tertiary/aromatic N) is 1. The molecule has 0 aromatic heterocycles. The van der Waals surface area contributed by atoms with Crippen LogP contribution in [-0.4, -0.2) is 5.11 Å². The lowest BCUT2D eigenvalue weighted by molar-refractivity contribution is 0.475. The van der Waals surface area contributed by atoms with E-state index in [4.69, 9.17) is 23.2 Å². The van der Waals surface area contributed by atoms with Crippen LogP contribution in [0.15, 0.2) is 54.6 Å². The van der Waals surface area contributed by atoms with Gasteiger partial charge in [0.25, 0.3) is 0 Å². The number of phenols is 1. The minimum absolute atomic E-state index is 0.113. The Hall–Kier alpha value is -2.47. The molecule has 0 aliphatic rings. The lowest BCUT2D eigenvalue weighted by atomic mass is 9.98. The van der Waals surface area contributed by atoms with Crippen molar-refractivity contribution in [2.75, 3.05) is 0 Å². The summed E-state index contributed by atoms with van der Waals surface area (Å²) in [7, 11) is 0. The Morgan fingerprint density at radius 3 is 2.57 bits per heavy atom. The van der Waals surface area contributed by atoms with Crippen LogP contribution in [0.4, 0.5) is 0 Å². The molecular formula is C19H11Cl2NO. The number of rotatable bonds is 2. The van der Waals surface area contributed by atoms with Crippen molar-refractivity contribution in [3.05, 3.63) is 75.8 Å². The third-order valence-electron chi connectivity index (χ3n) is 3.58. The van der Waals surface area contributed by atoms with Crippen LogP contribution in [0.1, 0.15) is 11.1 Å². The Morgan fingerprint density at radius 2 is 1.83 bits per heavy atom. The molecule has 0 heterocycles. The van der Waals surface area contributed by atoms with Crippen LogP contribution in [0.3, 0.4) is 0 Å². The van der Waals surface area contributed by atoms with Crippen molar-refractivity contribution in [2.24, 2.45) is 0 Å². The first kappa shape index (κ1) is 15.4. The van der Waals surface area contributed by atoms with Crippen LogP contribution in [0.5, 0.6) is 5.75 Å². The van der Waals surface area contributed by atoms with Gasteiger partial charge in [-0.2, -0.15) is 5.26 Å². The highest BCUT2D eigenvalue weighted by atomic mass is 35.5. The van der Waals surface area contributed by atoms with E-state index in [0.717, 1.165) is 10.8 Å². The predicted octanol–water partition coefficient (Wildman–Crippen LogP) is 5.92. The van der Waals surface area contributed by atoms with Crippen molar-refractivity contribution in [3.8, 4) is 11.8 Å². The van der Waals surface area contributed by atoms with Crippen molar-refractivity contribution in [3.63, 3.8) is 0 Å². The van der Waals surface area contributed by atoms with E-state index in [-0.39, 0.29) is 5.75 Å². The van der Waals surface area contributed by atoms with E-state index in [0.29, 0.717) is 26.7 Å². The molecule has 0 aliphatic carbocycles. The molecule has 3 aromatic carbocycles. The topological polar surface area (TPSA) is 44.0 Å². The van der Waals surface area contributed by atoms with Gasteiger partial charge in [-0.3, -0.25) is 0 Å². The number of hydrogen-bond acceptors (Lipinski definition) is 2. The molecule has 0 aliphatic heterocycles. The number of hydrogen-bond donors (Lipinski definition) is 1. The minimum Gasteiger partial charge on any atom is -0.507 e. The summed E-state index contributed by atoms with van der Waals surface area (Å²) < 4.78 is 0. The van der Waals surface area contributed by atoms with Gasteiger partial charge in [0, 0.05) is 16.1 Å². The second-order valence-corrected chi connectivity index (χ2v) is 5.86. The van der Waals surface area contributed by atoms with Crippen molar-refractivity contribution >= 4 is 45.6 Å². The van der Waals surface area contributed by atoms with Gasteiger partial charge in [0.2, 0.25) is 0 Å². The third-order valence-corrected chi connectivity index (χ3v) is 4.13. The van der Waals surface area contributed by atoms with E-state index in [2.05, 4.69) is 6.07 Å². The number of allylic oxidation sites excluding steroid dienone is 1. The van der Waals surface area contributed by atoms with Crippen LogP contribution in [-0.2, 0) is 0 Å². The Labute approximate surface area is 143 Å². The maximum atomic E-state index is 10.2. The maximum Gasteiger partial charge on any atom is 0.123 e. The molecule has 0 saturated carbocycles. The molecule has 1 N–H and O–H groups in total. The second-order valence-electron chi connectivity index (χ2n) is 5.01. The van der Waals surface area contributed by atoms with Crippen LogP contribution in [0, 0.1) is 11.3 Å². The number of nitriles is 1. The van der Waals surface area contributed by atoms with Gasteiger partial charge in [-0.1, -0.05) is 59.6 Å². The summed E-state index contributed by atoms with van der Waals surface area (Å²) in [6.45, 7) is 0. The van der Waals surface area contributed by atoms with Gasteiger partial charge >= 0.3 is 0 Å². The van der Waals surface area contributed by atoms with E-state index in [1.54, 1.807) is 30.3 Å². The Balaban J connectivity index is 2.24. The van der Waals surface area contributed by atoms with Crippen molar-refractivity contribution < 1.29 is 5.11 Å². The number of phenolic OH excluding ortho intramolecular Hbond substituents is 1. The molecule has 23 heavy (non-hydrogen) atoms. The van der Waals surface area contributed by atoms with Crippen LogP contribution >= 0.6 is 23.2 Å². The number of aromatic hydroxyl groups is 1. The summed E-state index contributed by atoms with van der Waals surface area (Å²) in [5.41, 5.74) is 1.52. The van der Waals surface area contributed by atoms with E-state index in [1.165, 1.54) is 0 Å². The van der Waals surface area contributed by atoms with Gasteiger partial charge in [-0.15, -0.1) is 0 Å². The second kappa shape index (κ2) is 6.34. The average Bonchev–Trinajstić information content (AvgIpc) is 2.55. The number of halogens is 2. The molecular weight excluding hydrogens is 329 g/mol. The molecule has 3 aromatic rings. The molecule has 0 saturated heterocycles. The smallest absolute Gasteiger partial charge is 0.123 e. The molecule has 0 spiro atoms. The Kier molecular flexibility index (Phi) is 4.25. The summed E-state index contributed by atoms with van der Waals surface area (Å²) in [5.74, 6) is 0.113. The highest BCUT2D eigenvalue weighted by Crippen LogP contribution is 2.33. The third kappa shape index (κ3) is 3.03. The van der Waals surface area contributed by atoms with E-state index in [9.17, 15) is 10.4 Å². The zero-order valence-corrected chi connectivity index (χ0v) is 13.4. The lowest BCUT2D eigenvalue weighted by Crippen LogP contribution is -1.86. The first-order valence-electron chi connectivity index (χ1n) is 6.88. The molecule has 0 atom stereocenters.